The summed E-state index contributed by atoms with van der Waals surface area (Å²) in [6.07, 6.45) is 0.901. The number of aliphatic carboxylic acids is 1. The molecule has 15 heteroatoms. The number of rotatable bonds is 7. The summed E-state index contributed by atoms with van der Waals surface area (Å²) in [5, 5.41) is 16.3. The molecule has 2 aromatic heterocycles. The van der Waals surface area contributed by atoms with Crippen molar-refractivity contribution in [3.05, 3.63) is 31.2 Å². The van der Waals surface area contributed by atoms with E-state index in [-0.39, 0.29) is 26.6 Å². The molecule has 0 aliphatic carbocycles. The zero-order valence-electron chi connectivity index (χ0n) is 18.1. The number of carbonyl (C=O) groups is 3. The van der Waals surface area contributed by atoms with Gasteiger partial charge in [0.25, 0.3) is 11.8 Å². The van der Waals surface area contributed by atoms with Crippen LogP contribution in [0.1, 0.15) is 29.1 Å². The molecule has 1 saturated heterocycles. The van der Waals surface area contributed by atoms with Crippen LogP contribution in [0, 0.1) is 13.8 Å². The molecule has 2 aliphatic heterocycles. The highest BCUT2D eigenvalue weighted by Gasteiger charge is 2.54. The average Bonchev–Trinajstić information content (AvgIpc) is 3.28. The fraction of sp³-hybridized carbons (Fsp3) is 0.368. The number of hydrogen-bond donors (Lipinski definition) is 3. The van der Waals surface area contributed by atoms with Gasteiger partial charge in [-0.15, -0.1) is 11.3 Å². The van der Waals surface area contributed by atoms with Crippen LogP contribution >= 0.6 is 46.0 Å². The zero-order chi connectivity index (χ0) is 24.7. The van der Waals surface area contributed by atoms with Gasteiger partial charge in [-0.05, 0) is 26.7 Å². The largest absolute Gasteiger partial charge is 0.477 e. The van der Waals surface area contributed by atoms with Gasteiger partial charge in [-0.25, -0.2) is 14.8 Å². The van der Waals surface area contributed by atoms with Crippen molar-refractivity contribution >= 4 is 74.7 Å². The lowest BCUT2D eigenvalue weighted by atomic mass is 9.86. The number of thiazole rings is 2. The maximum Gasteiger partial charge on any atom is 0.353 e. The standard InChI is InChI=1S/C19H19ClN6O5S3/c1-6-7(2)32-19(22-6)33-9-5-4-8-10(16(28)26(8)13(9)17(29)30)23-15(27)12(25-31-3)11-14(20)34-18(21)24-11/h8,10H,4-5H2,1-3H3,(H2,21,24)(H,23,27)(H,29,30)/b25-12-/t8-,10+/m1/s1. The first-order valence-electron chi connectivity index (χ1n) is 9.88. The molecule has 0 bridgehead atoms. The number of allylic oxidation sites excluding steroid dienone is 1. The van der Waals surface area contributed by atoms with Crippen molar-refractivity contribution < 1.29 is 24.3 Å². The first-order valence-corrected chi connectivity index (χ1v) is 12.7. The number of nitrogens with one attached hydrogen (secondary N) is 1. The normalized spacial score (nSPS) is 20.2. The number of nitrogens with zero attached hydrogens (tertiary/aromatic N) is 4. The lowest BCUT2D eigenvalue weighted by Gasteiger charge is -2.50. The molecule has 4 heterocycles. The molecule has 2 aromatic rings. The third-order valence-corrected chi connectivity index (χ3v) is 8.69. The summed E-state index contributed by atoms with van der Waals surface area (Å²) in [6.45, 7) is 3.83. The predicted octanol–water partition coefficient (Wildman–Crippen LogP) is 2.38. The topological polar surface area (TPSA) is 160 Å². The molecule has 11 nitrogen and oxygen atoms in total. The van der Waals surface area contributed by atoms with Gasteiger partial charge in [0.05, 0.1) is 11.7 Å². The minimum Gasteiger partial charge on any atom is -0.477 e. The van der Waals surface area contributed by atoms with Gasteiger partial charge in [0.1, 0.15) is 28.9 Å². The SMILES string of the molecule is CO/N=C(\C(=O)N[C@@H]1C(=O)N2C(C(=O)O)=C(Sc3nc(C)c(C)s3)CC[C@H]12)c1nc(N)sc1Cl. The van der Waals surface area contributed by atoms with Gasteiger partial charge < -0.3 is 21.0 Å². The molecule has 2 amide bonds. The molecule has 1 fully saturated rings. The van der Waals surface area contributed by atoms with Crippen LogP contribution in [0.25, 0.3) is 0 Å². The molecular formula is C19H19ClN6O5S3. The molecule has 4 rings (SSSR count). The van der Waals surface area contributed by atoms with Crippen LogP contribution < -0.4 is 11.1 Å². The number of oxime groups is 1. The summed E-state index contributed by atoms with van der Waals surface area (Å²) in [7, 11) is 1.25. The first kappa shape index (κ1) is 24.4. The van der Waals surface area contributed by atoms with Gasteiger partial charge >= 0.3 is 5.97 Å². The number of fused-ring (bicyclic) bond motifs is 1. The van der Waals surface area contributed by atoms with E-state index in [0.717, 1.165) is 26.2 Å². The Morgan fingerprint density at radius 3 is 2.65 bits per heavy atom. The second-order valence-electron chi connectivity index (χ2n) is 7.36. The summed E-state index contributed by atoms with van der Waals surface area (Å²) >= 11 is 9.80. The number of amides is 2. The molecule has 2 atom stereocenters. The second kappa shape index (κ2) is 9.52. The van der Waals surface area contributed by atoms with Crippen molar-refractivity contribution in [2.45, 2.75) is 43.1 Å². The molecule has 0 spiro atoms. The fourth-order valence-corrected chi connectivity index (χ4v) is 6.98. The number of carbonyl (C=O) groups excluding carboxylic acids is 2. The Kier molecular flexibility index (Phi) is 6.85. The number of anilines is 1. The van der Waals surface area contributed by atoms with Crippen molar-refractivity contribution in [3.63, 3.8) is 0 Å². The maximum atomic E-state index is 13.0. The van der Waals surface area contributed by atoms with Crippen LogP contribution in [0.2, 0.25) is 4.34 Å². The van der Waals surface area contributed by atoms with E-state index in [4.69, 9.17) is 22.2 Å². The van der Waals surface area contributed by atoms with Crippen molar-refractivity contribution in [1.82, 2.24) is 20.2 Å². The molecule has 180 valence electrons. The zero-order valence-corrected chi connectivity index (χ0v) is 21.3. The van der Waals surface area contributed by atoms with Crippen LogP contribution in [0.15, 0.2) is 20.1 Å². The highest BCUT2D eigenvalue weighted by atomic mass is 35.5. The van der Waals surface area contributed by atoms with Gasteiger partial charge in [-0.1, -0.05) is 39.9 Å². The Balaban J connectivity index is 1.55. The molecule has 0 saturated carbocycles. The van der Waals surface area contributed by atoms with Gasteiger partial charge in [-0.2, -0.15) is 0 Å². The Hall–Kier alpha value is -2.68. The number of carboxylic acid groups (broad SMARTS) is 1. The predicted molar refractivity (Wildman–Crippen MR) is 129 cm³/mol. The monoisotopic (exact) mass is 542 g/mol. The van der Waals surface area contributed by atoms with E-state index in [1.807, 2.05) is 13.8 Å². The Morgan fingerprint density at radius 2 is 2.09 bits per heavy atom. The van der Waals surface area contributed by atoms with Crippen LogP contribution in [0.5, 0.6) is 0 Å². The number of aromatic nitrogens is 2. The molecule has 0 radical (unpaired) electrons. The number of thioether (sulfide) groups is 1. The highest BCUT2D eigenvalue weighted by Crippen LogP contribution is 2.44. The lowest BCUT2D eigenvalue weighted by Crippen LogP contribution is -2.72. The molecule has 0 unspecified atom stereocenters. The maximum absolute atomic E-state index is 13.0. The smallest absolute Gasteiger partial charge is 0.353 e. The summed E-state index contributed by atoms with van der Waals surface area (Å²) in [6, 6.07) is -1.43. The van der Waals surface area contributed by atoms with Gasteiger partial charge in [-0.3, -0.25) is 14.5 Å². The van der Waals surface area contributed by atoms with E-state index < -0.39 is 29.9 Å². The van der Waals surface area contributed by atoms with Gasteiger partial charge in [0.2, 0.25) is 0 Å². The summed E-state index contributed by atoms with van der Waals surface area (Å²) in [5.41, 5.74) is 6.26. The molecule has 34 heavy (non-hydrogen) atoms. The van der Waals surface area contributed by atoms with E-state index in [0.29, 0.717) is 17.7 Å². The minimum atomic E-state index is -1.21. The van der Waals surface area contributed by atoms with Crippen molar-refractivity contribution in [2.75, 3.05) is 12.8 Å². The summed E-state index contributed by atoms with van der Waals surface area (Å²) < 4.78 is 0.868. The molecule has 2 aliphatic rings. The number of aryl methyl sites for hydroxylation is 2. The third kappa shape index (κ3) is 4.37. The quantitative estimate of drug-likeness (QED) is 0.271. The van der Waals surface area contributed by atoms with E-state index in [2.05, 4.69) is 20.4 Å². The van der Waals surface area contributed by atoms with Gasteiger partial charge in [0, 0.05) is 9.78 Å². The van der Waals surface area contributed by atoms with Crippen LogP contribution in [0.4, 0.5) is 5.13 Å². The number of β-lactam (4-membered cyclic amide) rings is 1. The van der Waals surface area contributed by atoms with E-state index in [1.165, 1.54) is 35.1 Å². The van der Waals surface area contributed by atoms with Gasteiger partial charge in [0.15, 0.2) is 15.2 Å². The fourth-order valence-electron chi connectivity index (χ4n) is 3.68. The average molecular weight is 543 g/mol. The molecule has 4 N–H and O–H groups in total. The van der Waals surface area contributed by atoms with Crippen LogP contribution in [-0.4, -0.2) is 62.7 Å². The van der Waals surface area contributed by atoms with Crippen molar-refractivity contribution in [1.29, 1.82) is 0 Å². The van der Waals surface area contributed by atoms with E-state index in [1.54, 1.807) is 0 Å². The Labute approximate surface area is 211 Å². The number of halogens is 1. The Morgan fingerprint density at radius 1 is 1.35 bits per heavy atom. The number of nitrogens with two attached hydrogens (primary N) is 1. The summed E-state index contributed by atoms with van der Waals surface area (Å²) in [4.78, 5) is 54.0. The molecule has 0 aromatic carbocycles. The highest BCUT2D eigenvalue weighted by molar-refractivity contribution is 8.04. The Bertz CT molecular complexity index is 1240. The number of carboxylic acids is 1. The van der Waals surface area contributed by atoms with Crippen LogP contribution in [0.3, 0.4) is 0 Å². The van der Waals surface area contributed by atoms with Crippen molar-refractivity contribution in [2.24, 2.45) is 5.16 Å². The minimum absolute atomic E-state index is 0.0367. The van der Waals surface area contributed by atoms with E-state index in [9.17, 15) is 19.5 Å². The first-order chi connectivity index (χ1) is 16.1. The second-order valence-corrected chi connectivity index (χ2v) is 11.5. The number of nitrogen functional groups attached to an aromatic ring is 1. The summed E-state index contributed by atoms with van der Waals surface area (Å²) in [5.74, 6) is -2.47. The van der Waals surface area contributed by atoms with E-state index >= 15 is 0 Å². The third-order valence-electron chi connectivity index (χ3n) is 5.32. The number of hydrogen-bond acceptors (Lipinski definition) is 11. The lowest BCUT2D eigenvalue weighted by molar-refractivity contribution is -0.155. The van der Waals surface area contributed by atoms with Crippen LogP contribution in [-0.2, 0) is 19.2 Å². The molecular weight excluding hydrogens is 524 g/mol. The van der Waals surface area contributed by atoms with Crippen molar-refractivity contribution in [3.8, 4) is 0 Å².